The highest BCUT2D eigenvalue weighted by Crippen LogP contribution is 2.36. The predicted molar refractivity (Wildman–Crippen MR) is 105 cm³/mol. The maximum absolute atomic E-state index is 12.8. The standard InChI is InChI=1S/C20H20N2O3S/c1-22(2)19(23)18-16(12-8-10-13(26-4)11-9-12)17-14(20(24)25-3)6-5-7-15(17)21-18/h5-11,21H,1-4H3. The Morgan fingerprint density at radius 3 is 2.35 bits per heavy atom. The third-order valence-corrected chi connectivity index (χ3v) is 4.97. The quantitative estimate of drug-likeness (QED) is 0.557. The molecule has 0 unspecified atom stereocenters. The first-order valence-electron chi connectivity index (χ1n) is 8.07. The molecule has 3 rings (SSSR count). The molecule has 1 heterocycles. The van der Waals surface area contributed by atoms with Crippen molar-refractivity contribution in [3.63, 3.8) is 0 Å². The number of fused-ring (bicyclic) bond motifs is 1. The summed E-state index contributed by atoms with van der Waals surface area (Å²) in [6, 6.07) is 13.3. The van der Waals surface area contributed by atoms with Crippen LogP contribution < -0.4 is 0 Å². The van der Waals surface area contributed by atoms with Crippen molar-refractivity contribution in [1.82, 2.24) is 9.88 Å². The molecule has 6 heteroatoms. The Morgan fingerprint density at radius 1 is 1.08 bits per heavy atom. The smallest absolute Gasteiger partial charge is 0.338 e. The van der Waals surface area contributed by atoms with Gasteiger partial charge in [-0.05, 0) is 36.1 Å². The molecule has 0 saturated heterocycles. The van der Waals surface area contributed by atoms with Gasteiger partial charge in [0.05, 0.1) is 12.7 Å². The zero-order valence-corrected chi connectivity index (χ0v) is 15.9. The highest BCUT2D eigenvalue weighted by molar-refractivity contribution is 7.98. The van der Waals surface area contributed by atoms with Crippen molar-refractivity contribution in [2.45, 2.75) is 4.90 Å². The number of ether oxygens (including phenoxy) is 1. The number of rotatable bonds is 4. The van der Waals surface area contributed by atoms with Crippen molar-refractivity contribution < 1.29 is 14.3 Å². The number of nitrogens with zero attached hydrogens (tertiary/aromatic N) is 1. The summed E-state index contributed by atoms with van der Waals surface area (Å²) < 4.78 is 4.94. The Balaban J connectivity index is 2.36. The summed E-state index contributed by atoms with van der Waals surface area (Å²) >= 11 is 1.65. The van der Waals surface area contributed by atoms with Crippen LogP contribution in [0.4, 0.5) is 0 Å². The van der Waals surface area contributed by atoms with Crippen molar-refractivity contribution >= 4 is 34.5 Å². The van der Waals surface area contributed by atoms with Crippen LogP contribution in [-0.2, 0) is 4.74 Å². The van der Waals surface area contributed by atoms with Crippen LogP contribution in [0.5, 0.6) is 0 Å². The molecule has 0 aliphatic carbocycles. The molecule has 2 aromatic carbocycles. The Bertz CT molecular complexity index is 975. The molecule has 0 spiro atoms. The van der Waals surface area contributed by atoms with Gasteiger partial charge in [-0.25, -0.2) is 4.79 Å². The number of H-pyrrole nitrogens is 1. The van der Waals surface area contributed by atoms with E-state index in [-0.39, 0.29) is 5.91 Å². The van der Waals surface area contributed by atoms with Crippen LogP contribution in [0.2, 0.25) is 0 Å². The summed E-state index contributed by atoms with van der Waals surface area (Å²) in [7, 11) is 4.76. The van der Waals surface area contributed by atoms with Crippen LogP contribution >= 0.6 is 11.8 Å². The molecule has 1 N–H and O–H groups in total. The number of thioether (sulfide) groups is 1. The van der Waals surface area contributed by atoms with Crippen molar-refractivity contribution in [2.24, 2.45) is 0 Å². The number of nitrogens with one attached hydrogen (secondary N) is 1. The van der Waals surface area contributed by atoms with E-state index in [1.165, 1.54) is 12.0 Å². The molecule has 0 atom stereocenters. The second-order valence-corrected chi connectivity index (χ2v) is 6.90. The number of aromatic amines is 1. The van der Waals surface area contributed by atoms with Gasteiger partial charge in [0.25, 0.3) is 5.91 Å². The molecule has 0 fully saturated rings. The van der Waals surface area contributed by atoms with Crippen LogP contribution in [0.3, 0.4) is 0 Å². The van der Waals surface area contributed by atoms with Gasteiger partial charge in [0.1, 0.15) is 5.69 Å². The van der Waals surface area contributed by atoms with E-state index in [0.717, 1.165) is 16.0 Å². The molecule has 5 nitrogen and oxygen atoms in total. The number of carbonyl (C=O) groups is 2. The summed E-state index contributed by atoms with van der Waals surface area (Å²) in [5, 5.41) is 0.696. The number of methoxy groups -OCH3 is 1. The van der Waals surface area contributed by atoms with Crippen LogP contribution in [0.15, 0.2) is 47.4 Å². The first-order chi connectivity index (χ1) is 12.5. The van der Waals surface area contributed by atoms with Gasteiger partial charge in [-0.2, -0.15) is 0 Å². The fourth-order valence-electron chi connectivity index (χ4n) is 2.96. The molecule has 26 heavy (non-hydrogen) atoms. The highest BCUT2D eigenvalue weighted by atomic mass is 32.2. The summed E-state index contributed by atoms with van der Waals surface area (Å²) in [5.41, 5.74) is 3.20. The molecular weight excluding hydrogens is 348 g/mol. The summed E-state index contributed by atoms with van der Waals surface area (Å²) in [5.74, 6) is -0.582. The van der Waals surface area contributed by atoms with E-state index in [1.54, 1.807) is 38.0 Å². The highest BCUT2D eigenvalue weighted by Gasteiger charge is 2.24. The zero-order chi connectivity index (χ0) is 18.8. The van der Waals surface area contributed by atoms with Crippen molar-refractivity contribution in [3.8, 4) is 11.1 Å². The van der Waals surface area contributed by atoms with Crippen molar-refractivity contribution in [3.05, 3.63) is 53.7 Å². The van der Waals surface area contributed by atoms with Crippen LogP contribution in [0.1, 0.15) is 20.8 Å². The monoisotopic (exact) mass is 368 g/mol. The lowest BCUT2D eigenvalue weighted by Gasteiger charge is -2.12. The van der Waals surface area contributed by atoms with E-state index in [0.29, 0.717) is 22.2 Å². The van der Waals surface area contributed by atoms with Crippen LogP contribution in [0, 0.1) is 0 Å². The van der Waals surface area contributed by atoms with Gasteiger partial charge >= 0.3 is 5.97 Å². The average Bonchev–Trinajstić information content (AvgIpc) is 3.06. The maximum atomic E-state index is 12.8. The molecule has 0 bridgehead atoms. The third-order valence-electron chi connectivity index (χ3n) is 4.23. The lowest BCUT2D eigenvalue weighted by atomic mass is 9.98. The topological polar surface area (TPSA) is 62.4 Å². The number of carbonyl (C=O) groups excluding carboxylic acids is 2. The first-order valence-corrected chi connectivity index (χ1v) is 9.29. The van der Waals surface area contributed by atoms with Gasteiger partial charge in [-0.3, -0.25) is 4.79 Å². The average molecular weight is 368 g/mol. The van der Waals surface area contributed by atoms with Gasteiger partial charge < -0.3 is 14.6 Å². The minimum Gasteiger partial charge on any atom is -0.465 e. The molecular formula is C20H20N2O3S. The molecule has 0 aliphatic rings. The molecule has 0 radical (unpaired) electrons. The molecule has 134 valence electrons. The lowest BCUT2D eigenvalue weighted by molar-refractivity contribution is 0.0602. The largest absolute Gasteiger partial charge is 0.465 e. The SMILES string of the molecule is COC(=O)c1cccc2[nH]c(C(=O)N(C)C)c(-c3ccc(SC)cc3)c12. The van der Waals surface area contributed by atoms with E-state index >= 15 is 0 Å². The minimum atomic E-state index is -0.430. The third kappa shape index (κ3) is 3.08. The number of amides is 1. The van der Waals surface area contributed by atoms with Gasteiger partial charge in [0.2, 0.25) is 0 Å². The van der Waals surface area contributed by atoms with Crippen LogP contribution in [-0.4, -0.2) is 49.2 Å². The van der Waals surface area contributed by atoms with Gasteiger partial charge in [0, 0.05) is 35.5 Å². The van der Waals surface area contributed by atoms with Gasteiger partial charge in [-0.1, -0.05) is 18.2 Å². The Kier molecular flexibility index (Phi) is 5.04. The van der Waals surface area contributed by atoms with Crippen molar-refractivity contribution in [2.75, 3.05) is 27.5 Å². The second kappa shape index (κ2) is 7.25. The number of esters is 1. The van der Waals surface area contributed by atoms with E-state index in [4.69, 9.17) is 4.74 Å². The fourth-order valence-corrected chi connectivity index (χ4v) is 3.37. The molecule has 1 aromatic heterocycles. The Labute approximate surface area is 156 Å². The Morgan fingerprint density at radius 2 is 1.77 bits per heavy atom. The summed E-state index contributed by atoms with van der Waals surface area (Å²) in [4.78, 5) is 30.9. The van der Waals surface area contributed by atoms with E-state index in [2.05, 4.69) is 4.98 Å². The first kappa shape index (κ1) is 18.1. The minimum absolute atomic E-state index is 0.152. The van der Waals surface area contributed by atoms with E-state index in [9.17, 15) is 9.59 Å². The zero-order valence-electron chi connectivity index (χ0n) is 15.1. The number of benzene rings is 2. The second-order valence-electron chi connectivity index (χ2n) is 6.02. The van der Waals surface area contributed by atoms with E-state index in [1.807, 2.05) is 36.6 Å². The lowest BCUT2D eigenvalue weighted by Crippen LogP contribution is -2.22. The maximum Gasteiger partial charge on any atom is 0.338 e. The number of hydrogen-bond donors (Lipinski definition) is 1. The number of hydrogen-bond acceptors (Lipinski definition) is 4. The summed E-state index contributed by atoms with van der Waals surface area (Å²) in [6.45, 7) is 0. The number of aromatic nitrogens is 1. The van der Waals surface area contributed by atoms with Gasteiger partial charge in [0.15, 0.2) is 0 Å². The summed E-state index contributed by atoms with van der Waals surface area (Å²) in [6.07, 6.45) is 2.01. The molecule has 0 saturated carbocycles. The Hall–Kier alpha value is -2.73. The normalized spacial score (nSPS) is 10.8. The molecule has 1 amide bonds. The van der Waals surface area contributed by atoms with Crippen molar-refractivity contribution in [1.29, 1.82) is 0 Å². The van der Waals surface area contributed by atoms with Gasteiger partial charge in [-0.15, -0.1) is 11.8 Å². The van der Waals surface area contributed by atoms with E-state index < -0.39 is 5.97 Å². The predicted octanol–water partition coefficient (Wildman–Crippen LogP) is 4.05. The van der Waals surface area contributed by atoms with Crippen LogP contribution in [0.25, 0.3) is 22.0 Å². The molecule has 3 aromatic rings. The molecule has 0 aliphatic heterocycles. The fraction of sp³-hybridized carbons (Fsp3) is 0.200.